The van der Waals surface area contributed by atoms with Crippen LogP contribution >= 0.6 is 23.1 Å². The van der Waals surface area contributed by atoms with E-state index in [2.05, 4.69) is 5.32 Å². The zero-order valence-electron chi connectivity index (χ0n) is 23.4. The number of carbonyl (C=O) groups is 4. The van der Waals surface area contributed by atoms with Crippen LogP contribution < -0.4 is 20.2 Å². The number of hydrogen-bond donors (Lipinski definition) is 2. The van der Waals surface area contributed by atoms with Gasteiger partial charge in [-0.2, -0.15) is 0 Å². The van der Waals surface area contributed by atoms with Crippen LogP contribution in [0.4, 0.5) is 11.4 Å². The van der Waals surface area contributed by atoms with Crippen LogP contribution in [-0.4, -0.2) is 48.5 Å². The van der Waals surface area contributed by atoms with E-state index >= 15 is 0 Å². The minimum Gasteiger partial charge on any atom is -0.469 e. The second kappa shape index (κ2) is 11.8. The number of sulfonamides is 1. The third-order valence-electron chi connectivity index (χ3n) is 7.30. The zero-order valence-corrected chi connectivity index (χ0v) is 25.8. The number of nitrogens with one attached hydrogen (secondary N) is 1. The lowest BCUT2D eigenvalue weighted by Crippen LogP contribution is -2.32. The van der Waals surface area contributed by atoms with Gasteiger partial charge in [0.2, 0.25) is 27.7 Å². The molecule has 0 bridgehead atoms. The van der Waals surface area contributed by atoms with Crippen LogP contribution in [-0.2, 0) is 35.7 Å². The first kappa shape index (κ1) is 30.5. The van der Waals surface area contributed by atoms with Crippen LogP contribution in [0.3, 0.4) is 0 Å². The maximum absolute atomic E-state index is 13.9. The molecule has 2 aliphatic rings. The summed E-state index contributed by atoms with van der Waals surface area (Å²) < 4.78 is 35.0. The predicted octanol–water partition coefficient (Wildman–Crippen LogP) is 2.76. The summed E-state index contributed by atoms with van der Waals surface area (Å²) in [6.45, 7) is 1.48. The Balaban J connectivity index is 1.31. The van der Waals surface area contributed by atoms with E-state index in [4.69, 9.17) is 14.3 Å². The molecule has 3 N–H and O–H groups in total. The Hall–Kier alpha value is -4.51. The molecule has 0 spiro atoms. The number of esters is 1. The molecule has 2 aliphatic heterocycles. The van der Waals surface area contributed by atoms with Gasteiger partial charge in [-0.1, -0.05) is 23.1 Å². The molecule has 4 heterocycles. The number of primary sulfonamides is 1. The number of nitrogens with zero attached hydrogens (tertiary/aromatic N) is 2. The predicted molar refractivity (Wildman–Crippen MR) is 164 cm³/mol. The van der Waals surface area contributed by atoms with Crippen molar-refractivity contribution in [3.8, 4) is 0 Å². The Bertz CT molecular complexity index is 1980. The number of amides is 3. The lowest BCUT2D eigenvalue weighted by molar-refractivity contribution is -0.122. The minimum absolute atomic E-state index is 0.127. The summed E-state index contributed by atoms with van der Waals surface area (Å²) >= 11 is 1.91. The first-order valence-corrected chi connectivity index (χ1v) is 16.7. The van der Waals surface area contributed by atoms with Crippen molar-refractivity contribution in [2.24, 2.45) is 11.1 Å². The van der Waals surface area contributed by atoms with Gasteiger partial charge in [-0.15, -0.1) is 0 Å². The highest BCUT2D eigenvalue weighted by Gasteiger charge is 2.57. The van der Waals surface area contributed by atoms with Gasteiger partial charge in [0.1, 0.15) is 17.6 Å². The number of imide groups is 1. The SMILES string of the molecule is CCOC(=O)c1ccc(N2C(=O)C3Sc4c(sc(=O)n4CC(=O)Nc4ccc(S(N)(=O)=O)cc4)C(c4ccco4)C3C2=O)cc1. The van der Waals surface area contributed by atoms with Gasteiger partial charge in [0, 0.05) is 5.69 Å². The van der Waals surface area contributed by atoms with E-state index in [1.54, 1.807) is 19.1 Å². The number of furan rings is 1. The third kappa shape index (κ3) is 5.61. The number of nitrogens with two attached hydrogens (primary N) is 1. The minimum atomic E-state index is -3.91. The van der Waals surface area contributed by atoms with Crippen LogP contribution in [0, 0.1) is 5.92 Å². The second-order valence-electron chi connectivity index (χ2n) is 10.1. The van der Waals surface area contributed by atoms with Crippen LogP contribution in [0.5, 0.6) is 0 Å². The quantitative estimate of drug-likeness (QED) is 0.209. The maximum atomic E-state index is 13.9. The molecule has 4 aromatic rings. The average molecular weight is 669 g/mol. The normalized spacial score (nSPS) is 19.2. The van der Waals surface area contributed by atoms with E-state index in [1.807, 2.05) is 0 Å². The molecule has 0 aliphatic carbocycles. The molecule has 2 aromatic heterocycles. The van der Waals surface area contributed by atoms with Gasteiger partial charge in [0.25, 0.3) is 0 Å². The van der Waals surface area contributed by atoms with Gasteiger partial charge in [0.15, 0.2) is 0 Å². The van der Waals surface area contributed by atoms with Crippen molar-refractivity contribution in [1.82, 2.24) is 4.57 Å². The highest BCUT2D eigenvalue weighted by Crippen LogP contribution is 2.53. The fourth-order valence-corrected chi connectivity index (χ4v) is 8.59. The molecular formula is C29H24N4O9S3. The maximum Gasteiger partial charge on any atom is 0.338 e. The summed E-state index contributed by atoms with van der Waals surface area (Å²) in [6, 6.07) is 14.5. The van der Waals surface area contributed by atoms with Crippen LogP contribution in [0.15, 0.2) is 86.1 Å². The number of carbonyl (C=O) groups excluding carboxylic acids is 4. The lowest BCUT2D eigenvalue weighted by atomic mass is 9.87. The topological polar surface area (TPSA) is 188 Å². The second-order valence-corrected chi connectivity index (χ2v) is 13.8. The molecule has 0 saturated carbocycles. The van der Waals surface area contributed by atoms with Crippen LogP contribution in [0.1, 0.15) is 33.8 Å². The molecule has 232 valence electrons. The van der Waals surface area contributed by atoms with Gasteiger partial charge in [-0.25, -0.2) is 23.3 Å². The smallest absolute Gasteiger partial charge is 0.338 e. The van der Waals surface area contributed by atoms with E-state index in [0.29, 0.717) is 15.7 Å². The van der Waals surface area contributed by atoms with Gasteiger partial charge in [-0.05, 0) is 67.6 Å². The van der Waals surface area contributed by atoms with Crippen molar-refractivity contribution in [3.63, 3.8) is 0 Å². The summed E-state index contributed by atoms with van der Waals surface area (Å²) in [5, 5.41) is 7.18. The average Bonchev–Trinajstić information content (AvgIpc) is 3.70. The van der Waals surface area contributed by atoms with E-state index in [9.17, 15) is 32.4 Å². The molecule has 0 radical (unpaired) electrons. The molecule has 2 aromatic carbocycles. The molecule has 16 heteroatoms. The number of thioether (sulfide) groups is 1. The number of hydrogen-bond acceptors (Lipinski definition) is 11. The summed E-state index contributed by atoms with van der Waals surface area (Å²) in [5.74, 6) is -3.38. The fraction of sp³-hybridized carbons (Fsp3) is 0.207. The lowest BCUT2D eigenvalue weighted by Gasteiger charge is -2.29. The first-order valence-electron chi connectivity index (χ1n) is 13.5. The fourth-order valence-electron chi connectivity index (χ4n) is 5.32. The molecule has 13 nitrogen and oxygen atoms in total. The van der Waals surface area contributed by atoms with Crippen molar-refractivity contribution in [1.29, 1.82) is 0 Å². The summed E-state index contributed by atoms with van der Waals surface area (Å²) in [4.78, 5) is 67.1. The third-order valence-corrected chi connectivity index (χ3v) is 10.8. The molecule has 3 unspecified atom stereocenters. The number of rotatable bonds is 8. The standard InChI is InChI=1S/C29H24N4O9S3/c1-2-41-28(37)15-5-9-17(10-6-15)33-25(35)22-21(19-4-3-13-42-19)24-27(43-23(22)26(33)36)32(29(38)44-24)14-20(34)31-16-7-11-18(12-8-16)45(30,39)40/h3-13,21-23H,2,14H2,1H3,(H,31,34)(H2,30,39,40). The molecule has 1 saturated heterocycles. The summed E-state index contributed by atoms with van der Waals surface area (Å²) in [7, 11) is -3.91. The monoisotopic (exact) mass is 668 g/mol. The van der Waals surface area contributed by atoms with Crippen molar-refractivity contribution in [2.75, 3.05) is 16.8 Å². The number of thiazole rings is 1. The van der Waals surface area contributed by atoms with Gasteiger partial charge in [0.05, 0.1) is 50.8 Å². The number of anilines is 2. The summed E-state index contributed by atoms with van der Waals surface area (Å²) in [6.07, 6.45) is 1.44. The Kier molecular flexibility index (Phi) is 7.98. The molecular weight excluding hydrogens is 645 g/mol. The highest BCUT2D eigenvalue weighted by atomic mass is 32.2. The number of ether oxygens (including phenoxy) is 1. The van der Waals surface area contributed by atoms with E-state index in [-0.39, 0.29) is 28.4 Å². The first-order chi connectivity index (χ1) is 21.5. The number of benzene rings is 2. The Morgan fingerprint density at radius 2 is 1.73 bits per heavy atom. The van der Waals surface area contributed by atoms with Crippen molar-refractivity contribution >= 4 is 68.2 Å². The van der Waals surface area contributed by atoms with Gasteiger partial charge >= 0.3 is 10.8 Å². The largest absolute Gasteiger partial charge is 0.469 e. The highest BCUT2D eigenvalue weighted by molar-refractivity contribution is 8.00. The van der Waals surface area contributed by atoms with Crippen LogP contribution in [0.2, 0.25) is 0 Å². The number of aromatic nitrogens is 1. The van der Waals surface area contributed by atoms with Crippen molar-refractivity contribution in [2.45, 2.75) is 34.6 Å². The van der Waals surface area contributed by atoms with Gasteiger partial charge < -0.3 is 14.5 Å². The Morgan fingerprint density at radius 3 is 2.36 bits per heavy atom. The van der Waals surface area contributed by atoms with E-state index in [0.717, 1.165) is 28.0 Å². The molecule has 3 atom stereocenters. The Morgan fingerprint density at radius 1 is 1.02 bits per heavy atom. The molecule has 45 heavy (non-hydrogen) atoms. The molecule has 3 amide bonds. The zero-order chi connectivity index (χ0) is 32.0. The van der Waals surface area contributed by atoms with Crippen molar-refractivity contribution in [3.05, 3.63) is 92.8 Å². The molecule has 1 fully saturated rings. The van der Waals surface area contributed by atoms with E-state index < -0.39 is 62.2 Å². The Labute approximate surface area is 264 Å². The molecule has 6 rings (SSSR count). The van der Waals surface area contributed by atoms with Crippen molar-refractivity contribution < 1.29 is 36.7 Å². The van der Waals surface area contributed by atoms with Crippen LogP contribution in [0.25, 0.3) is 0 Å². The van der Waals surface area contributed by atoms with Gasteiger partial charge in [-0.3, -0.25) is 23.7 Å². The number of fused-ring (bicyclic) bond motifs is 2. The summed E-state index contributed by atoms with van der Waals surface area (Å²) in [5.41, 5.74) is 0.830. The van der Waals surface area contributed by atoms with E-state index in [1.165, 1.54) is 59.4 Å².